The summed E-state index contributed by atoms with van der Waals surface area (Å²) in [7, 11) is 0. The van der Waals surface area contributed by atoms with E-state index in [4.69, 9.17) is 0 Å². The topological polar surface area (TPSA) is 43.9 Å². The average molecular weight is 263 g/mol. The molecule has 5 heteroatoms. The molecule has 2 amide bonds. The third-order valence-corrected chi connectivity index (χ3v) is 3.70. The summed E-state index contributed by atoms with van der Waals surface area (Å²) in [6.45, 7) is 10.6. The Morgan fingerprint density at radius 2 is 1.89 bits per heavy atom. The largest absolute Gasteiger partial charge is 0.340 e. The van der Waals surface area contributed by atoms with E-state index in [1.54, 1.807) is 17.1 Å². The minimum absolute atomic E-state index is 0.0183. The first kappa shape index (κ1) is 13.8. The van der Waals surface area contributed by atoms with Gasteiger partial charge in [0, 0.05) is 57.5 Å². The Balaban J connectivity index is 1.73. The number of hydrogen-bond donors (Lipinski definition) is 0. The second-order valence-electron chi connectivity index (χ2n) is 4.89. The molecule has 0 N–H and O–H groups in total. The summed E-state index contributed by atoms with van der Waals surface area (Å²) >= 11 is 0. The second-order valence-corrected chi connectivity index (χ2v) is 4.89. The van der Waals surface area contributed by atoms with Crippen molar-refractivity contribution in [2.24, 2.45) is 0 Å². The first-order chi connectivity index (χ1) is 9.11. The molecule has 0 radical (unpaired) electrons. The quantitative estimate of drug-likeness (QED) is 0.740. The molecule has 0 aromatic rings. The molecular formula is C14H21N3O2. The number of carbonyl (C=O) groups is 2. The van der Waals surface area contributed by atoms with Crippen molar-refractivity contribution in [3.63, 3.8) is 0 Å². The van der Waals surface area contributed by atoms with E-state index in [-0.39, 0.29) is 11.8 Å². The van der Waals surface area contributed by atoms with Gasteiger partial charge in [0.2, 0.25) is 5.91 Å². The maximum absolute atomic E-state index is 11.6. The predicted molar refractivity (Wildman–Crippen MR) is 73.3 cm³/mol. The lowest BCUT2D eigenvalue weighted by molar-refractivity contribution is -0.132. The van der Waals surface area contributed by atoms with E-state index in [0.29, 0.717) is 13.0 Å². The van der Waals surface area contributed by atoms with Gasteiger partial charge in [0.05, 0.1) is 0 Å². The summed E-state index contributed by atoms with van der Waals surface area (Å²) < 4.78 is 0. The van der Waals surface area contributed by atoms with Crippen LogP contribution in [0.5, 0.6) is 0 Å². The fraction of sp³-hybridized carbons (Fsp3) is 0.571. The van der Waals surface area contributed by atoms with Crippen LogP contribution in [-0.2, 0) is 9.59 Å². The second kappa shape index (κ2) is 6.02. The summed E-state index contributed by atoms with van der Waals surface area (Å²) in [4.78, 5) is 29.0. The van der Waals surface area contributed by atoms with Crippen molar-refractivity contribution in [3.05, 3.63) is 24.4 Å². The Labute approximate surface area is 114 Å². The summed E-state index contributed by atoms with van der Waals surface area (Å²) in [5.41, 5.74) is 0.768. The minimum Gasteiger partial charge on any atom is -0.340 e. The van der Waals surface area contributed by atoms with E-state index in [9.17, 15) is 9.59 Å². The molecule has 2 rings (SSSR count). The monoisotopic (exact) mass is 263 g/mol. The molecule has 2 heterocycles. The molecule has 0 spiro atoms. The van der Waals surface area contributed by atoms with Crippen molar-refractivity contribution >= 4 is 11.8 Å². The fourth-order valence-corrected chi connectivity index (χ4v) is 2.43. The van der Waals surface area contributed by atoms with Crippen LogP contribution >= 0.6 is 0 Å². The van der Waals surface area contributed by atoms with Crippen LogP contribution in [0.4, 0.5) is 0 Å². The molecular weight excluding hydrogens is 242 g/mol. The third kappa shape index (κ3) is 3.23. The summed E-state index contributed by atoms with van der Waals surface area (Å²) in [6, 6.07) is 0. The lowest BCUT2D eigenvalue weighted by Crippen LogP contribution is -2.50. The van der Waals surface area contributed by atoms with Gasteiger partial charge in [-0.25, -0.2) is 0 Å². The molecule has 0 aromatic carbocycles. The van der Waals surface area contributed by atoms with Gasteiger partial charge in [0.1, 0.15) is 0 Å². The molecule has 0 aliphatic carbocycles. The number of nitrogens with zero attached hydrogens (tertiary/aromatic N) is 3. The molecule has 0 saturated carbocycles. The van der Waals surface area contributed by atoms with E-state index in [2.05, 4.69) is 11.5 Å². The van der Waals surface area contributed by atoms with E-state index in [1.165, 1.54) is 0 Å². The van der Waals surface area contributed by atoms with E-state index >= 15 is 0 Å². The summed E-state index contributed by atoms with van der Waals surface area (Å²) in [5, 5.41) is 0. The van der Waals surface area contributed by atoms with Crippen LogP contribution < -0.4 is 0 Å². The van der Waals surface area contributed by atoms with E-state index in [1.807, 2.05) is 11.8 Å². The molecule has 1 fully saturated rings. The third-order valence-electron chi connectivity index (χ3n) is 3.70. The normalized spacial score (nSPS) is 20.5. The maximum Gasteiger partial charge on any atom is 0.251 e. The highest BCUT2D eigenvalue weighted by Gasteiger charge is 2.22. The average Bonchev–Trinajstić information content (AvgIpc) is 2.75. The molecule has 0 unspecified atom stereocenters. The molecule has 104 valence electrons. The van der Waals surface area contributed by atoms with Crippen molar-refractivity contribution < 1.29 is 9.59 Å². The van der Waals surface area contributed by atoms with Crippen molar-refractivity contribution in [2.75, 3.05) is 39.3 Å². The maximum atomic E-state index is 11.6. The van der Waals surface area contributed by atoms with Crippen molar-refractivity contribution in [1.82, 2.24) is 14.7 Å². The van der Waals surface area contributed by atoms with Crippen molar-refractivity contribution in [3.8, 4) is 0 Å². The number of hydrogen-bond acceptors (Lipinski definition) is 3. The van der Waals surface area contributed by atoms with E-state index < -0.39 is 0 Å². The predicted octanol–water partition coefficient (Wildman–Crippen LogP) is 0.453. The Bertz CT molecular complexity index is 391. The van der Waals surface area contributed by atoms with Gasteiger partial charge in [-0.2, -0.15) is 0 Å². The standard InChI is InChI=1S/C14H21N3O2/c1-3-13(18)16-9-6-15(7-10-16)8-11-17-12(2)4-5-14(17)19/h4-5H,2-3,6-11H2,1H3. The van der Waals surface area contributed by atoms with Gasteiger partial charge in [-0.05, 0) is 6.08 Å². The van der Waals surface area contributed by atoms with Crippen LogP contribution in [0.1, 0.15) is 13.3 Å². The number of allylic oxidation sites excluding steroid dienone is 1. The zero-order chi connectivity index (χ0) is 13.8. The molecule has 1 saturated heterocycles. The number of carbonyl (C=O) groups excluding carboxylic acids is 2. The minimum atomic E-state index is 0.0183. The number of rotatable bonds is 4. The lowest BCUT2D eigenvalue weighted by Gasteiger charge is -2.35. The molecule has 0 bridgehead atoms. The lowest BCUT2D eigenvalue weighted by atomic mass is 10.3. The van der Waals surface area contributed by atoms with Crippen LogP contribution in [-0.4, -0.2) is 65.8 Å². The highest BCUT2D eigenvalue weighted by atomic mass is 16.2. The Kier molecular flexibility index (Phi) is 4.37. The van der Waals surface area contributed by atoms with Crippen LogP contribution in [0.25, 0.3) is 0 Å². The Morgan fingerprint density at radius 3 is 2.42 bits per heavy atom. The highest BCUT2D eigenvalue weighted by molar-refractivity contribution is 5.92. The van der Waals surface area contributed by atoms with Gasteiger partial charge in [-0.1, -0.05) is 13.5 Å². The molecule has 0 atom stereocenters. The van der Waals surface area contributed by atoms with Crippen LogP contribution in [0.15, 0.2) is 24.4 Å². The van der Waals surface area contributed by atoms with Crippen molar-refractivity contribution in [1.29, 1.82) is 0 Å². The smallest absolute Gasteiger partial charge is 0.251 e. The molecule has 2 aliphatic heterocycles. The van der Waals surface area contributed by atoms with Crippen molar-refractivity contribution in [2.45, 2.75) is 13.3 Å². The van der Waals surface area contributed by atoms with Gasteiger partial charge in [0.25, 0.3) is 5.91 Å². The van der Waals surface area contributed by atoms with Gasteiger partial charge >= 0.3 is 0 Å². The zero-order valence-electron chi connectivity index (χ0n) is 11.5. The summed E-state index contributed by atoms with van der Waals surface area (Å²) in [6.07, 6.45) is 3.88. The molecule has 5 nitrogen and oxygen atoms in total. The molecule has 2 aliphatic rings. The first-order valence-corrected chi connectivity index (χ1v) is 6.80. The number of piperazine rings is 1. The van der Waals surface area contributed by atoms with Gasteiger partial charge in [-0.3, -0.25) is 14.5 Å². The first-order valence-electron chi connectivity index (χ1n) is 6.80. The summed E-state index contributed by atoms with van der Waals surface area (Å²) in [5.74, 6) is 0.247. The SMILES string of the molecule is C=C1C=CC(=O)N1CCN1CCN(C(=O)CC)CC1. The molecule has 19 heavy (non-hydrogen) atoms. The Hall–Kier alpha value is -1.62. The van der Waals surface area contributed by atoms with Gasteiger partial charge in [0.15, 0.2) is 0 Å². The molecule has 0 aromatic heterocycles. The van der Waals surface area contributed by atoms with Crippen LogP contribution in [0, 0.1) is 0 Å². The fourth-order valence-electron chi connectivity index (χ4n) is 2.43. The van der Waals surface area contributed by atoms with E-state index in [0.717, 1.165) is 38.4 Å². The van der Waals surface area contributed by atoms with Gasteiger partial charge < -0.3 is 9.80 Å². The highest BCUT2D eigenvalue weighted by Crippen LogP contribution is 2.13. The van der Waals surface area contributed by atoms with Gasteiger partial charge in [-0.15, -0.1) is 0 Å². The Morgan fingerprint density at radius 1 is 1.21 bits per heavy atom. The van der Waals surface area contributed by atoms with Crippen LogP contribution in [0.2, 0.25) is 0 Å². The zero-order valence-corrected chi connectivity index (χ0v) is 11.5. The number of amides is 2. The van der Waals surface area contributed by atoms with Crippen LogP contribution in [0.3, 0.4) is 0 Å².